The second kappa shape index (κ2) is 5.96. The molecule has 0 aliphatic rings. The minimum atomic E-state index is -0.453. The molecule has 5 heteroatoms. The maximum Gasteiger partial charge on any atom is 0.148 e. The second-order valence-corrected chi connectivity index (χ2v) is 4.97. The Labute approximate surface area is 120 Å². The van der Waals surface area contributed by atoms with Crippen LogP contribution in [0.25, 0.3) is 0 Å². The van der Waals surface area contributed by atoms with Crippen LogP contribution in [0.15, 0.2) is 41.3 Å². The van der Waals surface area contributed by atoms with Gasteiger partial charge in [-0.3, -0.25) is 0 Å². The van der Waals surface area contributed by atoms with Crippen molar-refractivity contribution in [3.63, 3.8) is 0 Å². The first kappa shape index (κ1) is 13.7. The fourth-order valence-electron chi connectivity index (χ4n) is 1.67. The van der Waals surface area contributed by atoms with Crippen LogP contribution in [0.1, 0.15) is 5.56 Å². The lowest BCUT2D eigenvalue weighted by Crippen LogP contribution is -1.98. The van der Waals surface area contributed by atoms with Gasteiger partial charge in [-0.25, -0.2) is 4.39 Å². The van der Waals surface area contributed by atoms with Crippen LogP contribution in [0.5, 0.6) is 0 Å². The maximum absolute atomic E-state index is 13.7. The molecule has 0 spiro atoms. The van der Waals surface area contributed by atoms with E-state index < -0.39 is 5.82 Å². The highest BCUT2D eigenvalue weighted by molar-refractivity contribution is 7.98. The Morgan fingerprint density at radius 1 is 1.26 bits per heavy atom. The van der Waals surface area contributed by atoms with Crippen molar-refractivity contribution in [2.24, 2.45) is 0 Å². The summed E-state index contributed by atoms with van der Waals surface area (Å²) in [5.74, 6) is -0.453. The van der Waals surface area contributed by atoms with Crippen molar-refractivity contribution in [1.29, 1.82) is 5.26 Å². The maximum atomic E-state index is 13.7. The minimum Gasteiger partial charge on any atom is -0.351 e. The molecule has 0 bridgehead atoms. The molecule has 1 N–H and O–H groups in total. The molecule has 0 aliphatic heterocycles. The number of hydrogen-bond acceptors (Lipinski definition) is 3. The molecular formula is C14H10ClFN2S. The fraction of sp³-hybridized carbons (Fsp3) is 0.0714. The Hall–Kier alpha value is -1.70. The van der Waals surface area contributed by atoms with Crippen molar-refractivity contribution in [2.75, 3.05) is 11.6 Å². The van der Waals surface area contributed by atoms with Gasteiger partial charge in [-0.05, 0) is 30.5 Å². The molecule has 2 aromatic rings. The van der Waals surface area contributed by atoms with E-state index in [9.17, 15) is 9.65 Å². The first-order valence-electron chi connectivity index (χ1n) is 5.45. The molecule has 0 amide bonds. The van der Waals surface area contributed by atoms with Crippen LogP contribution in [0.4, 0.5) is 15.8 Å². The van der Waals surface area contributed by atoms with E-state index in [1.165, 1.54) is 23.9 Å². The number of benzene rings is 2. The third kappa shape index (κ3) is 2.83. The molecule has 2 aromatic carbocycles. The summed E-state index contributed by atoms with van der Waals surface area (Å²) < 4.78 is 13.7. The monoisotopic (exact) mass is 292 g/mol. The lowest BCUT2D eigenvalue weighted by Gasteiger charge is -2.12. The van der Waals surface area contributed by atoms with Crippen molar-refractivity contribution < 1.29 is 4.39 Å². The summed E-state index contributed by atoms with van der Waals surface area (Å²) in [4.78, 5) is 0.833. The van der Waals surface area contributed by atoms with Gasteiger partial charge < -0.3 is 5.32 Å². The quantitative estimate of drug-likeness (QED) is 0.824. The van der Waals surface area contributed by atoms with Crippen molar-refractivity contribution in [3.05, 3.63) is 52.8 Å². The Kier molecular flexibility index (Phi) is 4.31. The number of hydrogen-bond donors (Lipinski definition) is 1. The number of anilines is 2. The van der Waals surface area contributed by atoms with E-state index in [-0.39, 0.29) is 10.7 Å². The van der Waals surface area contributed by atoms with E-state index in [0.717, 1.165) is 4.90 Å². The highest BCUT2D eigenvalue weighted by Gasteiger charge is 2.11. The molecular weight excluding hydrogens is 283 g/mol. The molecule has 0 atom stereocenters. The molecule has 19 heavy (non-hydrogen) atoms. The summed E-state index contributed by atoms with van der Waals surface area (Å²) >= 11 is 7.42. The van der Waals surface area contributed by atoms with Crippen molar-refractivity contribution in [2.45, 2.75) is 4.90 Å². The number of rotatable bonds is 3. The lowest BCUT2D eigenvalue weighted by atomic mass is 10.2. The summed E-state index contributed by atoms with van der Waals surface area (Å²) in [5, 5.41) is 12.4. The molecule has 0 aromatic heterocycles. The van der Waals surface area contributed by atoms with Crippen LogP contribution >= 0.6 is 23.4 Å². The van der Waals surface area contributed by atoms with Gasteiger partial charge >= 0.3 is 0 Å². The van der Waals surface area contributed by atoms with Gasteiger partial charge in [0, 0.05) is 4.90 Å². The minimum absolute atomic E-state index is 0.180. The topological polar surface area (TPSA) is 35.8 Å². The molecule has 0 unspecified atom stereocenters. The molecule has 0 radical (unpaired) electrons. The van der Waals surface area contributed by atoms with Crippen molar-refractivity contribution in [1.82, 2.24) is 0 Å². The summed E-state index contributed by atoms with van der Waals surface area (Å²) in [7, 11) is 0. The third-order valence-corrected chi connectivity index (χ3v) is 3.68. The Morgan fingerprint density at radius 3 is 2.63 bits per heavy atom. The number of thioether (sulfide) groups is 1. The standard InChI is InChI=1S/C14H10ClFN2S/c1-19-13-7-3-6-12(9(13)8-17)18-14-10(15)4-2-5-11(14)16/h2-7,18H,1H3. The van der Waals surface area contributed by atoms with Gasteiger partial charge in [0.2, 0.25) is 0 Å². The highest BCUT2D eigenvalue weighted by atomic mass is 35.5. The Balaban J connectivity index is 2.48. The highest BCUT2D eigenvalue weighted by Crippen LogP contribution is 2.32. The fourth-order valence-corrected chi connectivity index (χ4v) is 2.46. The number of para-hydroxylation sites is 1. The van der Waals surface area contributed by atoms with E-state index in [1.54, 1.807) is 12.1 Å². The van der Waals surface area contributed by atoms with Gasteiger partial charge in [-0.1, -0.05) is 23.7 Å². The van der Waals surface area contributed by atoms with Gasteiger partial charge in [-0.2, -0.15) is 5.26 Å². The zero-order valence-electron chi connectivity index (χ0n) is 10.1. The molecule has 0 heterocycles. The van der Waals surface area contributed by atoms with Gasteiger partial charge in [0.1, 0.15) is 11.9 Å². The summed E-state index contributed by atoms with van der Waals surface area (Å²) in [5.41, 5.74) is 1.20. The van der Waals surface area contributed by atoms with Gasteiger partial charge in [0.25, 0.3) is 0 Å². The van der Waals surface area contributed by atoms with Crippen LogP contribution in [0.2, 0.25) is 5.02 Å². The zero-order valence-corrected chi connectivity index (χ0v) is 11.6. The van der Waals surface area contributed by atoms with E-state index in [2.05, 4.69) is 11.4 Å². The normalized spacial score (nSPS) is 10.0. The Bertz CT molecular complexity index is 632. The van der Waals surface area contributed by atoms with Crippen LogP contribution in [0, 0.1) is 17.1 Å². The van der Waals surface area contributed by atoms with Crippen molar-refractivity contribution >= 4 is 34.7 Å². The number of halogens is 2. The van der Waals surface area contributed by atoms with Crippen LogP contribution in [-0.4, -0.2) is 6.26 Å². The Morgan fingerprint density at radius 2 is 2.00 bits per heavy atom. The molecule has 0 saturated carbocycles. The van der Waals surface area contributed by atoms with E-state index in [4.69, 9.17) is 11.6 Å². The summed E-state index contributed by atoms with van der Waals surface area (Å²) in [6, 6.07) is 11.9. The van der Waals surface area contributed by atoms with Crippen LogP contribution < -0.4 is 5.32 Å². The summed E-state index contributed by atoms with van der Waals surface area (Å²) in [6.07, 6.45) is 1.88. The third-order valence-electron chi connectivity index (χ3n) is 2.58. The van der Waals surface area contributed by atoms with Gasteiger partial charge in [0.05, 0.1) is 22.0 Å². The lowest BCUT2D eigenvalue weighted by molar-refractivity contribution is 0.632. The molecule has 96 valence electrons. The molecule has 0 fully saturated rings. The first-order valence-corrected chi connectivity index (χ1v) is 7.05. The molecule has 0 saturated heterocycles. The second-order valence-electron chi connectivity index (χ2n) is 3.72. The average Bonchev–Trinajstić information content (AvgIpc) is 2.42. The molecule has 2 nitrogen and oxygen atoms in total. The largest absolute Gasteiger partial charge is 0.351 e. The smallest absolute Gasteiger partial charge is 0.148 e. The van der Waals surface area contributed by atoms with Gasteiger partial charge in [0.15, 0.2) is 0 Å². The van der Waals surface area contributed by atoms with Crippen LogP contribution in [-0.2, 0) is 0 Å². The van der Waals surface area contributed by atoms with Gasteiger partial charge in [-0.15, -0.1) is 11.8 Å². The van der Waals surface area contributed by atoms with E-state index in [0.29, 0.717) is 11.3 Å². The van der Waals surface area contributed by atoms with Crippen molar-refractivity contribution in [3.8, 4) is 6.07 Å². The predicted octanol–water partition coefficient (Wildman–Crippen LogP) is 4.82. The van der Waals surface area contributed by atoms with E-state index >= 15 is 0 Å². The molecule has 0 aliphatic carbocycles. The zero-order chi connectivity index (χ0) is 13.8. The molecule has 2 rings (SSSR count). The number of nitrogens with zero attached hydrogens (tertiary/aromatic N) is 1. The SMILES string of the molecule is CSc1cccc(Nc2c(F)cccc2Cl)c1C#N. The van der Waals surface area contributed by atoms with E-state index in [1.807, 2.05) is 18.4 Å². The number of nitrogens with one attached hydrogen (secondary N) is 1. The summed E-state index contributed by atoms with van der Waals surface area (Å²) in [6.45, 7) is 0. The first-order chi connectivity index (χ1) is 9.17. The number of nitriles is 1. The predicted molar refractivity (Wildman–Crippen MR) is 77.6 cm³/mol. The average molecular weight is 293 g/mol. The van der Waals surface area contributed by atoms with Crippen LogP contribution in [0.3, 0.4) is 0 Å².